The first-order chi connectivity index (χ1) is 7.41. The van der Waals surface area contributed by atoms with Gasteiger partial charge in [0.2, 0.25) is 10.0 Å². The molecule has 1 N–H and O–H groups in total. The van der Waals surface area contributed by atoms with Crippen LogP contribution in [0.15, 0.2) is 23.2 Å². The minimum absolute atomic E-state index is 0.143. The molecule has 1 aromatic rings. The van der Waals surface area contributed by atoms with Crippen LogP contribution in [0.25, 0.3) is 0 Å². The number of aromatic nitrogens is 1. The van der Waals surface area contributed by atoms with E-state index in [1.807, 2.05) is 0 Å². The predicted octanol–water partition coefficient (Wildman–Crippen LogP) is 1.81. The summed E-state index contributed by atoms with van der Waals surface area (Å²) in [5, 5.41) is 0.181. The van der Waals surface area contributed by atoms with Gasteiger partial charge in [-0.05, 0) is 30.4 Å². The molecule has 1 aromatic heterocycles. The third-order valence-corrected chi connectivity index (χ3v) is 4.41. The maximum Gasteiger partial charge on any atom is 0.240 e. The zero-order chi connectivity index (χ0) is 11.8. The Balaban J connectivity index is 2.12. The number of sulfonamides is 1. The standard InChI is InChI=1S/C10H13ClN2O2S/c1-10(3-4-10)7-13-16(14,15)8-2-5-12-9(11)6-8/h2,5-6,13H,3-4,7H2,1H3. The summed E-state index contributed by atoms with van der Waals surface area (Å²) in [7, 11) is -3.45. The molecule has 0 atom stereocenters. The van der Waals surface area contributed by atoms with E-state index in [9.17, 15) is 8.42 Å². The molecule has 0 bridgehead atoms. The number of nitrogens with zero attached hydrogens (tertiary/aromatic N) is 1. The summed E-state index contributed by atoms with van der Waals surface area (Å²) in [4.78, 5) is 3.91. The number of nitrogens with one attached hydrogen (secondary N) is 1. The van der Waals surface area contributed by atoms with Crippen LogP contribution in [0.3, 0.4) is 0 Å². The van der Waals surface area contributed by atoms with Crippen LogP contribution in [0.4, 0.5) is 0 Å². The Hall–Kier alpha value is -0.650. The molecule has 1 fully saturated rings. The Labute approximate surface area is 100 Å². The zero-order valence-corrected chi connectivity index (χ0v) is 10.5. The molecule has 0 amide bonds. The van der Waals surface area contributed by atoms with E-state index in [2.05, 4.69) is 16.6 Å². The van der Waals surface area contributed by atoms with Crippen molar-refractivity contribution in [2.75, 3.05) is 6.54 Å². The van der Waals surface area contributed by atoms with Crippen molar-refractivity contribution >= 4 is 21.6 Å². The van der Waals surface area contributed by atoms with Gasteiger partial charge in [0, 0.05) is 12.7 Å². The highest BCUT2D eigenvalue weighted by molar-refractivity contribution is 7.89. The van der Waals surface area contributed by atoms with E-state index in [4.69, 9.17) is 11.6 Å². The average Bonchev–Trinajstić information content (AvgIpc) is 2.95. The molecule has 1 heterocycles. The summed E-state index contributed by atoms with van der Waals surface area (Å²) in [6, 6.07) is 2.78. The topological polar surface area (TPSA) is 59.1 Å². The number of hydrogen-bond donors (Lipinski definition) is 1. The number of pyridine rings is 1. The molecule has 88 valence electrons. The fraction of sp³-hybridized carbons (Fsp3) is 0.500. The Morgan fingerprint density at radius 1 is 1.56 bits per heavy atom. The first-order valence-electron chi connectivity index (χ1n) is 5.03. The summed E-state index contributed by atoms with van der Waals surface area (Å²) in [5.41, 5.74) is 0.143. The van der Waals surface area contributed by atoms with Crippen molar-refractivity contribution < 1.29 is 8.42 Å². The van der Waals surface area contributed by atoms with Gasteiger partial charge in [-0.3, -0.25) is 0 Å². The van der Waals surface area contributed by atoms with E-state index in [0.717, 1.165) is 12.8 Å². The van der Waals surface area contributed by atoms with Crippen molar-refractivity contribution in [3.63, 3.8) is 0 Å². The zero-order valence-electron chi connectivity index (χ0n) is 8.90. The van der Waals surface area contributed by atoms with Gasteiger partial charge in [0.05, 0.1) is 4.90 Å². The van der Waals surface area contributed by atoms with Gasteiger partial charge in [-0.1, -0.05) is 18.5 Å². The van der Waals surface area contributed by atoms with Crippen molar-refractivity contribution in [3.8, 4) is 0 Å². The average molecular weight is 261 g/mol. The third kappa shape index (κ3) is 2.72. The van der Waals surface area contributed by atoms with Crippen molar-refractivity contribution in [1.82, 2.24) is 9.71 Å². The second-order valence-electron chi connectivity index (χ2n) is 4.45. The minimum atomic E-state index is -3.45. The molecule has 0 saturated heterocycles. The molecule has 16 heavy (non-hydrogen) atoms. The molecule has 0 aliphatic heterocycles. The molecule has 1 saturated carbocycles. The summed E-state index contributed by atoms with van der Waals surface area (Å²) >= 11 is 5.65. The Kier molecular flexibility index (Phi) is 2.94. The van der Waals surface area contributed by atoms with Crippen molar-refractivity contribution in [1.29, 1.82) is 0 Å². The van der Waals surface area contributed by atoms with Crippen LogP contribution in [0, 0.1) is 5.41 Å². The van der Waals surface area contributed by atoms with Crippen molar-refractivity contribution in [3.05, 3.63) is 23.5 Å². The monoisotopic (exact) mass is 260 g/mol. The highest BCUT2D eigenvalue weighted by Gasteiger charge is 2.38. The first kappa shape index (κ1) is 11.8. The number of halogens is 1. The highest BCUT2D eigenvalue weighted by atomic mass is 35.5. The van der Waals surface area contributed by atoms with E-state index in [1.165, 1.54) is 18.3 Å². The fourth-order valence-corrected chi connectivity index (χ4v) is 2.75. The van der Waals surface area contributed by atoms with Crippen LogP contribution in [-0.2, 0) is 10.0 Å². The summed E-state index contributed by atoms with van der Waals surface area (Å²) < 4.78 is 26.3. The molecule has 0 unspecified atom stereocenters. The van der Waals surface area contributed by atoms with Gasteiger partial charge in [-0.2, -0.15) is 0 Å². The van der Waals surface area contributed by atoms with Crippen LogP contribution >= 0.6 is 11.6 Å². The molecular weight excluding hydrogens is 248 g/mol. The van der Waals surface area contributed by atoms with E-state index < -0.39 is 10.0 Å². The van der Waals surface area contributed by atoms with Gasteiger partial charge in [0.1, 0.15) is 5.15 Å². The Bertz CT molecular complexity index is 497. The second kappa shape index (κ2) is 3.98. The molecule has 6 heteroatoms. The van der Waals surface area contributed by atoms with Gasteiger partial charge < -0.3 is 0 Å². The lowest BCUT2D eigenvalue weighted by Crippen LogP contribution is -2.29. The van der Waals surface area contributed by atoms with Gasteiger partial charge >= 0.3 is 0 Å². The van der Waals surface area contributed by atoms with E-state index in [-0.39, 0.29) is 15.5 Å². The van der Waals surface area contributed by atoms with Gasteiger partial charge in [0.25, 0.3) is 0 Å². The second-order valence-corrected chi connectivity index (χ2v) is 6.60. The van der Waals surface area contributed by atoms with E-state index >= 15 is 0 Å². The lowest BCUT2D eigenvalue weighted by molar-refractivity contribution is 0.530. The smallest absolute Gasteiger partial charge is 0.240 e. The minimum Gasteiger partial charge on any atom is -0.244 e. The van der Waals surface area contributed by atoms with Crippen molar-refractivity contribution in [2.24, 2.45) is 5.41 Å². The molecule has 0 aromatic carbocycles. The van der Waals surface area contributed by atoms with E-state index in [0.29, 0.717) is 6.54 Å². The van der Waals surface area contributed by atoms with Crippen LogP contribution in [0.5, 0.6) is 0 Å². The highest BCUT2D eigenvalue weighted by Crippen LogP contribution is 2.44. The SMILES string of the molecule is CC1(CNS(=O)(=O)c2ccnc(Cl)c2)CC1. The lowest BCUT2D eigenvalue weighted by atomic mass is 10.2. The summed E-state index contributed by atoms with van der Waals surface area (Å²) in [5.74, 6) is 0. The molecule has 4 nitrogen and oxygen atoms in total. The fourth-order valence-electron chi connectivity index (χ4n) is 1.29. The lowest BCUT2D eigenvalue weighted by Gasteiger charge is -2.10. The van der Waals surface area contributed by atoms with Crippen LogP contribution in [0.2, 0.25) is 5.15 Å². The summed E-state index contributed by atoms with van der Waals surface area (Å²) in [6.07, 6.45) is 3.54. The molecule has 1 aliphatic rings. The number of hydrogen-bond acceptors (Lipinski definition) is 3. The maximum absolute atomic E-state index is 11.9. The number of rotatable bonds is 4. The van der Waals surface area contributed by atoms with E-state index in [1.54, 1.807) is 0 Å². The normalized spacial score (nSPS) is 18.4. The molecule has 0 spiro atoms. The Morgan fingerprint density at radius 3 is 2.81 bits per heavy atom. The van der Waals surface area contributed by atoms with Crippen molar-refractivity contribution in [2.45, 2.75) is 24.7 Å². The predicted molar refractivity (Wildman–Crippen MR) is 61.8 cm³/mol. The van der Waals surface area contributed by atoms with Gasteiger partial charge in [0.15, 0.2) is 0 Å². The molecular formula is C10H13ClN2O2S. The molecule has 1 aliphatic carbocycles. The third-order valence-electron chi connectivity index (χ3n) is 2.80. The van der Waals surface area contributed by atoms with Gasteiger partial charge in [-0.25, -0.2) is 18.1 Å². The van der Waals surface area contributed by atoms with Crippen LogP contribution < -0.4 is 4.72 Å². The van der Waals surface area contributed by atoms with Crippen LogP contribution in [-0.4, -0.2) is 19.9 Å². The Morgan fingerprint density at radius 2 is 2.25 bits per heavy atom. The first-order valence-corrected chi connectivity index (χ1v) is 6.89. The quantitative estimate of drug-likeness (QED) is 0.840. The van der Waals surface area contributed by atoms with Gasteiger partial charge in [-0.15, -0.1) is 0 Å². The largest absolute Gasteiger partial charge is 0.244 e. The molecule has 0 radical (unpaired) electrons. The maximum atomic E-state index is 11.9. The molecule has 2 rings (SSSR count). The summed E-state index contributed by atoms with van der Waals surface area (Å²) in [6.45, 7) is 2.55. The van der Waals surface area contributed by atoms with Crippen LogP contribution in [0.1, 0.15) is 19.8 Å².